The Balaban J connectivity index is 1.51. The molecule has 8 heteroatoms. The molecular formula is C23H27N3O4S. The fourth-order valence-electron chi connectivity index (χ4n) is 3.82. The van der Waals surface area contributed by atoms with Crippen molar-refractivity contribution in [2.24, 2.45) is 5.92 Å². The minimum Gasteiger partial charge on any atom is -0.508 e. The summed E-state index contributed by atoms with van der Waals surface area (Å²) in [5.41, 5.74) is 0.515. The first kappa shape index (κ1) is 22.6. The van der Waals surface area contributed by atoms with E-state index in [1.54, 1.807) is 23.5 Å². The second-order valence-electron chi connectivity index (χ2n) is 7.63. The van der Waals surface area contributed by atoms with Crippen molar-refractivity contribution < 1.29 is 19.4 Å². The van der Waals surface area contributed by atoms with Gasteiger partial charge in [0.1, 0.15) is 11.8 Å². The molecule has 2 amide bonds. The summed E-state index contributed by atoms with van der Waals surface area (Å²) in [6.07, 6.45) is 4.22. The van der Waals surface area contributed by atoms with Crippen LogP contribution in [0, 0.1) is 17.2 Å². The van der Waals surface area contributed by atoms with Gasteiger partial charge in [-0.2, -0.15) is 5.26 Å². The number of aromatic hydroxyl groups is 1. The molecule has 3 rings (SSSR count). The fourth-order valence-corrected chi connectivity index (χ4v) is 4.57. The number of ether oxygens (including phenoxy) is 1. The predicted molar refractivity (Wildman–Crippen MR) is 117 cm³/mol. The molecule has 1 saturated carbocycles. The van der Waals surface area contributed by atoms with Gasteiger partial charge in [0.2, 0.25) is 5.91 Å². The molecule has 0 spiro atoms. The molecular weight excluding hydrogens is 414 g/mol. The highest BCUT2D eigenvalue weighted by atomic mass is 32.1. The number of nitrogens with one attached hydrogen (secondary N) is 2. The normalized spacial score (nSPS) is 19.1. The number of rotatable bonds is 8. The highest BCUT2D eigenvalue weighted by Crippen LogP contribution is 2.26. The number of nitrogens with zero attached hydrogens (tertiary/aromatic N) is 1. The van der Waals surface area contributed by atoms with E-state index in [9.17, 15) is 20.0 Å². The van der Waals surface area contributed by atoms with Gasteiger partial charge >= 0.3 is 6.09 Å². The van der Waals surface area contributed by atoms with E-state index in [0.29, 0.717) is 25.0 Å². The van der Waals surface area contributed by atoms with Gasteiger partial charge in [-0.05, 0) is 54.8 Å². The van der Waals surface area contributed by atoms with Gasteiger partial charge in [-0.25, -0.2) is 4.79 Å². The number of aryl methyl sites for hydroxylation is 1. The lowest BCUT2D eigenvalue weighted by molar-refractivity contribution is -0.127. The Morgan fingerprint density at radius 2 is 2.10 bits per heavy atom. The van der Waals surface area contributed by atoms with Crippen LogP contribution in [-0.2, 0) is 16.0 Å². The Morgan fingerprint density at radius 3 is 2.84 bits per heavy atom. The quantitative estimate of drug-likeness (QED) is 0.535. The Bertz CT molecular complexity index is 910. The van der Waals surface area contributed by atoms with E-state index in [4.69, 9.17) is 4.74 Å². The van der Waals surface area contributed by atoms with Crippen LogP contribution in [0.1, 0.15) is 48.6 Å². The molecule has 1 aromatic heterocycles. The number of benzene rings is 1. The smallest absolute Gasteiger partial charge is 0.407 e. The van der Waals surface area contributed by atoms with Crippen LogP contribution >= 0.6 is 11.3 Å². The van der Waals surface area contributed by atoms with Gasteiger partial charge in [0.05, 0.1) is 18.6 Å². The van der Waals surface area contributed by atoms with Crippen molar-refractivity contribution >= 4 is 23.3 Å². The summed E-state index contributed by atoms with van der Waals surface area (Å²) in [4.78, 5) is 26.4. The van der Waals surface area contributed by atoms with Crippen LogP contribution in [-0.4, -0.2) is 29.8 Å². The van der Waals surface area contributed by atoms with Gasteiger partial charge in [-0.1, -0.05) is 31.0 Å². The molecule has 1 aromatic carbocycles. The van der Waals surface area contributed by atoms with E-state index in [0.717, 1.165) is 25.7 Å². The summed E-state index contributed by atoms with van der Waals surface area (Å²) in [5, 5.41) is 26.7. The number of phenols is 1. The molecule has 3 atom stereocenters. The molecule has 7 nitrogen and oxygen atoms in total. The van der Waals surface area contributed by atoms with E-state index in [1.807, 2.05) is 11.4 Å². The molecule has 1 aliphatic carbocycles. The standard InChI is InChI=1S/C23H27N3O4S/c24-15-21(16-6-3-7-17(27)14-16)25-22(28)19-10-1-2-11-20(19)26-23(29)30-12-4-8-18-9-5-13-31-18/h3,5-7,9,13-14,19-21,27H,1-2,4,8,10-12H2,(H,25,28)(H,26,29). The molecule has 3 N–H and O–H groups in total. The van der Waals surface area contributed by atoms with Crippen molar-refractivity contribution in [2.45, 2.75) is 50.6 Å². The molecule has 31 heavy (non-hydrogen) atoms. The maximum absolute atomic E-state index is 12.9. The third-order valence-electron chi connectivity index (χ3n) is 5.41. The van der Waals surface area contributed by atoms with E-state index in [2.05, 4.69) is 22.8 Å². The minimum absolute atomic E-state index is 0.0334. The molecule has 164 valence electrons. The lowest BCUT2D eigenvalue weighted by Gasteiger charge is -2.31. The number of phenolic OH excluding ortho intramolecular Hbond substituents is 1. The maximum Gasteiger partial charge on any atom is 0.407 e. The average Bonchev–Trinajstić information content (AvgIpc) is 3.29. The van der Waals surface area contributed by atoms with E-state index < -0.39 is 18.1 Å². The van der Waals surface area contributed by atoms with Crippen molar-refractivity contribution in [1.29, 1.82) is 5.26 Å². The molecule has 1 aliphatic rings. The lowest BCUT2D eigenvalue weighted by atomic mass is 9.83. The first-order valence-corrected chi connectivity index (χ1v) is 11.4. The highest BCUT2D eigenvalue weighted by molar-refractivity contribution is 7.09. The van der Waals surface area contributed by atoms with Crippen molar-refractivity contribution in [3.63, 3.8) is 0 Å². The number of carbonyl (C=O) groups is 2. The monoisotopic (exact) mass is 441 g/mol. The van der Waals surface area contributed by atoms with Crippen molar-refractivity contribution in [3.8, 4) is 11.8 Å². The Labute approximate surface area is 186 Å². The largest absolute Gasteiger partial charge is 0.508 e. The summed E-state index contributed by atoms with van der Waals surface area (Å²) >= 11 is 1.68. The van der Waals surface area contributed by atoms with Gasteiger partial charge < -0.3 is 20.5 Å². The highest BCUT2D eigenvalue weighted by Gasteiger charge is 2.33. The van der Waals surface area contributed by atoms with Crippen LogP contribution in [0.25, 0.3) is 0 Å². The van der Waals surface area contributed by atoms with E-state index >= 15 is 0 Å². The Hall–Kier alpha value is -3.05. The summed E-state index contributed by atoms with van der Waals surface area (Å²) in [5.74, 6) is -0.677. The molecule has 0 radical (unpaired) electrons. The summed E-state index contributed by atoms with van der Waals surface area (Å²) < 4.78 is 5.30. The third kappa shape index (κ3) is 6.72. The topological polar surface area (TPSA) is 111 Å². The number of alkyl carbamates (subject to hydrolysis) is 1. The zero-order valence-electron chi connectivity index (χ0n) is 17.3. The zero-order chi connectivity index (χ0) is 22.1. The average molecular weight is 442 g/mol. The number of nitriles is 1. The minimum atomic E-state index is -0.869. The van der Waals surface area contributed by atoms with Crippen LogP contribution in [0.15, 0.2) is 41.8 Å². The third-order valence-corrected chi connectivity index (χ3v) is 6.34. The van der Waals surface area contributed by atoms with Gasteiger partial charge in [0.15, 0.2) is 0 Å². The predicted octanol–water partition coefficient (Wildman–Crippen LogP) is 4.05. The summed E-state index contributed by atoms with van der Waals surface area (Å²) in [6, 6.07) is 11.2. The molecule has 3 unspecified atom stereocenters. The molecule has 2 aromatic rings. The van der Waals surface area contributed by atoms with Crippen molar-refractivity contribution in [2.75, 3.05) is 6.61 Å². The van der Waals surface area contributed by atoms with Crippen LogP contribution in [0.5, 0.6) is 5.75 Å². The molecule has 0 saturated heterocycles. The number of hydrogen-bond donors (Lipinski definition) is 3. The van der Waals surface area contributed by atoms with E-state index in [-0.39, 0.29) is 17.7 Å². The lowest BCUT2D eigenvalue weighted by Crippen LogP contribution is -2.49. The molecule has 1 heterocycles. The van der Waals surface area contributed by atoms with E-state index in [1.165, 1.54) is 17.0 Å². The van der Waals surface area contributed by atoms with Crippen LogP contribution < -0.4 is 10.6 Å². The van der Waals surface area contributed by atoms with Crippen molar-refractivity contribution in [1.82, 2.24) is 10.6 Å². The first-order valence-electron chi connectivity index (χ1n) is 10.5. The fraction of sp³-hybridized carbons (Fsp3) is 0.435. The molecule has 1 fully saturated rings. The van der Waals surface area contributed by atoms with Crippen LogP contribution in [0.3, 0.4) is 0 Å². The van der Waals surface area contributed by atoms with Crippen molar-refractivity contribution in [3.05, 3.63) is 52.2 Å². The maximum atomic E-state index is 12.9. The van der Waals surface area contributed by atoms with Gasteiger partial charge in [-0.3, -0.25) is 4.79 Å². The Morgan fingerprint density at radius 1 is 1.26 bits per heavy atom. The second-order valence-corrected chi connectivity index (χ2v) is 8.66. The SMILES string of the molecule is N#CC(NC(=O)C1CCCCC1NC(=O)OCCCc1cccs1)c1cccc(O)c1. The molecule has 0 aliphatic heterocycles. The van der Waals surface area contributed by atoms with Crippen LogP contribution in [0.2, 0.25) is 0 Å². The molecule has 0 bridgehead atoms. The number of hydrogen-bond acceptors (Lipinski definition) is 6. The van der Waals surface area contributed by atoms with Crippen LogP contribution in [0.4, 0.5) is 4.79 Å². The number of carbonyl (C=O) groups excluding carboxylic acids is 2. The zero-order valence-corrected chi connectivity index (χ0v) is 18.1. The number of amides is 2. The Kier molecular flexibility index (Phi) is 8.30. The second kappa shape index (κ2) is 11.4. The van der Waals surface area contributed by atoms with Gasteiger partial charge in [0, 0.05) is 10.9 Å². The van der Waals surface area contributed by atoms with Gasteiger partial charge in [0.25, 0.3) is 0 Å². The summed E-state index contributed by atoms with van der Waals surface area (Å²) in [7, 11) is 0. The number of thiophene rings is 1. The first-order chi connectivity index (χ1) is 15.1. The van der Waals surface area contributed by atoms with Gasteiger partial charge in [-0.15, -0.1) is 11.3 Å². The summed E-state index contributed by atoms with van der Waals surface area (Å²) in [6.45, 7) is 0.321.